The lowest BCUT2D eigenvalue weighted by atomic mass is 10.1. The fourth-order valence-corrected chi connectivity index (χ4v) is 5.21. The zero-order valence-corrected chi connectivity index (χ0v) is 18.5. The molecule has 0 aliphatic rings. The number of benzene rings is 2. The molecule has 0 unspecified atom stereocenters. The summed E-state index contributed by atoms with van der Waals surface area (Å²) in [6, 6.07) is 16.0. The Bertz CT molecular complexity index is 1440. The third-order valence-corrected chi connectivity index (χ3v) is 6.74. The quantitative estimate of drug-likeness (QED) is 0.399. The smallest absolute Gasteiger partial charge is 0.260 e. The maximum absolute atomic E-state index is 12.8. The van der Waals surface area contributed by atoms with Gasteiger partial charge in [0.25, 0.3) is 5.56 Å². The fraction of sp³-hybridized carbons (Fsp3) is 0.136. The van der Waals surface area contributed by atoms with Gasteiger partial charge in [-0.05, 0) is 41.5 Å². The predicted molar refractivity (Wildman–Crippen MR) is 124 cm³/mol. The average Bonchev–Trinajstić information content (AvgIpc) is 3.40. The van der Waals surface area contributed by atoms with Gasteiger partial charge in [0.05, 0.1) is 16.8 Å². The van der Waals surface area contributed by atoms with E-state index in [0.717, 1.165) is 27.2 Å². The molecule has 31 heavy (non-hydrogen) atoms. The van der Waals surface area contributed by atoms with Crippen molar-refractivity contribution in [1.82, 2.24) is 30.2 Å². The molecule has 0 radical (unpaired) electrons. The summed E-state index contributed by atoms with van der Waals surface area (Å²) in [4.78, 5) is 21.2. The van der Waals surface area contributed by atoms with Gasteiger partial charge in [0.15, 0.2) is 0 Å². The normalized spacial score (nSPS) is 11.3. The molecule has 0 amide bonds. The van der Waals surface area contributed by atoms with E-state index in [-0.39, 0.29) is 5.56 Å². The van der Waals surface area contributed by atoms with Gasteiger partial charge in [-0.2, -0.15) is 4.68 Å². The first kappa shape index (κ1) is 19.7. The zero-order chi connectivity index (χ0) is 21.4. The number of H-pyrrole nitrogens is 1. The molecule has 1 N–H and O–H groups in total. The maximum Gasteiger partial charge on any atom is 0.260 e. The van der Waals surface area contributed by atoms with Gasteiger partial charge in [-0.15, -0.1) is 16.4 Å². The first-order valence-corrected chi connectivity index (χ1v) is 11.5. The molecule has 5 aromatic rings. The molecule has 3 aromatic heterocycles. The molecule has 9 heteroatoms. The molecule has 7 nitrogen and oxygen atoms in total. The molecule has 0 spiro atoms. The minimum absolute atomic E-state index is 0.130. The van der Waals surface area contributed by atoms with Crippen molar-refractivity contribution in [3.8, 4) is 16.8 Å². The Morgan fingerprint density at radius 2 is 1.97 bits per heavy atom. The summed E-state index contributed by atoms with van der Waals surface area (Å²) >= 11 is 2.91. The van der Waals surface area contributed by atoms with E-state index in [1.54, 1.807) is 4.68 Å². The van der Waals surface area contributed by atoms with Crippen molar-refractivity contribution in [3.05, 3.63) is 81.2 Å². The van der Waals surface area contributed by atoms with Crippen LogP contribution in [0.15, 0.2) is 63.9 Å². The standard InChI is InChI=1S/C22H18N6OS2/c1-13-8-9-17(14(2)10-13)28-22(25-26-27-28)31-12-18-23-20(29)19-16(11-30-21(19)24-18)15-6-4-3-5-7-15/h3-11H,12H2,1-2H3,(H,23,24,29). The van der Waals surface area contributed by atoms with E-state index in [2.05, 4.69) is 38.5 Å². The van der Waals surface area contributed by atoms with Crippen molar-refractivity contribution in [2.75, 3.05) is 0 Å². The monoisotopic (exact) mass is 446 g/mol. The van der Waals surface area contributed by atoms with E-state index in [1.807, 2.05) is 54.8 Å². The highest BCUT2D eigenvalue weighted by molar-refractivity contribution is 7.98. The number of tetrazole rings is 1. The molecule has 0 fully saturated rings. The Kier molecular flexibility index (Phi) is 5.13. The number of aromatic amines is 1. The Morgan fingerprint density at radius 1 is 1.13 bits per heavy atom. The molecular formula is C22H18N6OS2. The molecule has 154 valence electrons. The van der Waals surface area contributed by atoms with Gasteiger partial charge in [-0.1, -0.05) is 59.8 Å². The minimum atomic E-state index is -0.130. The van der Waals surface area contributed by atoms with Gasteiger partial charge in [0, 0.05) is 10.9 Å². The number of nitrogens with one attached hydrogen (secondary N) is 1. The lowest BCUT2D eigenvalue weighted by molar-refractivity contribution is 0.751. The first-order chi connectivity index (χ1) is 15.1. The van der Waals surface area contributed by atoms with Crippen LogP contribution in [0, 0.1) is 13.8 Å². The number of hydrogen-bond donors (Lipinski definition) is 1. The average molecular weight is 447 g/mol. The van der Waals surface area contributed by atoms with Crippen LogP contribution in [-0.4, -0.2) is 30.2 Å². The molecule has 3 heterocycles. The lowest BCUT2D eigenvalue weighted by Gasteiger charge is -2.08. The third kappa shape index (κ3) is 3.77. The number of thiophene rings is 1. The van der Waals surface area contributed by atoms with E-state index < -0.39 is 0 Å². The van der Waals surface area contributed by atoms with E-state index in [9.17, 15) is 4.79 Å². The van der Waals surface area contributed by atoms with E-state index >= 15 is 0 Å². The number of nitrogens with zero attached hydrogens (tertiary/aromatic N) is 5. The van der Waals surface area contributed by atoms with Crippen LogP contribution in [0.3, 0.4) is 0 Å². The summed E-state index contributed by atoms with van der Waals surface area (Å²) in [7, 11) is 0. The summed E-state index contributed by atoms with van der Waals surface area (Å²) in [5.74, 6) is 1.05. The maximum atomic E-state index is 12.8. The van der Waals surface area contributed by atoms with Gasteiger partial charge in [0.1, 0.15) is 10.7 Å². The van der Waals surface area contributed by atoms with Crippen molar-refractivity contribution < 1.29 is 0 Å². The van der Waals surface area contributed by atoms with Crippen LogP contribution >= 0.6 is 23.1 Å². The predicted octanol–water partition coefficient (Wildman–Crippen LogP) is 4.54. The topological polar surface area (TPSA) is 89.3 Å². The Morgan fingerprint density at radius 3 is 2.77 bits per heavy atom. The Labute approximate surface area is 186 Å². The second-order valence-corrected chi connectivity index (χ2v) is 8.96. The molecule has 2 aromatic carbocycles. The minimum Gasteiger partial charge on any atom is -0.309 e. The van der Waals surface area contributed by atoms with Crippen LogP contribution in [-0.2, 0) is 5.75 Å². The molecule has 0 atom stereocenters. The van der Waals surface area contributed by atoms with Gasteiger partial charge < -0.3 is 4.98 Å². The molecule has 0 aliphatic heterocycles. The molecule has 0 saturated heterocycles. The van der Waals surface area contributed by atoms with E-state index in [1.165, 1.54) is 28.7 Å². The van der Waals surface area contributed by atoms with Crippen molar-refractivity contribution in [2.45, 2.75) is 24.8 Å². The highest BCUT2D eigenvalue weighted by atomic mass is 32.2. The first-order valence-electron chi connectivity index (χ1n) is 9.65. The Hall–Kier alpha value is -3.30. The summed E-state index contributed by atoms with van der Waals surface area (Å²) in [5.41, 5.74) is 5.00. The summed E-state index contributed by atoms with van der Waals surface area (Å²) < 4.78 is 1.72. The van der Waals surface area contributed by atoms with Crippen LogP contribution < -0.4 is 5.56 Å². The SMILES string of the molecule is Cc1ccc(-n2nnnc2SCc2nc3scc(-c4ccccc4)c3c(=O)[nH]2)c(C)c1. The highest BCUT2D eigenvalue weighted by Gasteiger charge is 2.15. The van der Waals surface area contributed by atoms with Crippen molar-refractivity contribution in [3.63, 3.8) is 0 Å². The second kappa shape index (κ2) is 8.09. The molecule has 0 bridgehead atoms. The van der Waals surface area contributed by atoms with Gasteiger partial charge in [-0.25, -0.2) is 4.98 Å². The van der Waals surface area contributed by atoms with Crippen molar-refractivity contribution >= 4 is 33.3 Å². The molecule has 5 rings (SSSR count). The van der Waals surface area contributed by atoms with Crippen LogP contribution in [0.25, 0.3) is 27.0 Å². The molecule has 0 aliphatic carbocycles. The number of fused-ring (bicyclic) bond motifs is 1. The number of hydrogen-bond acceptors (Lipinski definition) is 7. The zero-order valence-electron chi connectivity index (χ0n) is 16.9. The second-order valence-electron chi connectivity index (χ2n) is 7.16. The number of rotatable bonds is 5. The van der Waals surface area contributed by atoms with Crippen LogP contribution in [0.1, 0.15) is 17.0 Å². The highest BCUT2D eigenvalue weighted by Crippen LogP contribution is 2.31. The fourth-order valence-electron chi connectivity index (χ4n) is 3.49. The summed E-state index contributed by atoms with van der Waals surface area (Å²) in [5, 5.41) is 15.4. The number of aromatic nitrogens is 6. The third-order valence-electron chi connectivity index (χ3n) is 4.94. The molecular weight excluding hydrogens is 428 g/mol. The van der Waals surface area contributed by atoms with Crippen LogP contribution in [0.5, 0.6) is 0 Å². The van der Waals surface area contributed by atoms with E-state index in [4.69, 9.17) is 0 Å². The lowest BCUT2D eigenvalue weighted by Crippen LogP contribution is -2.11. The Balaban J connectivity index is 1.43. The number of thioether (sulfide) groups is 1. The number of aryl methyl sites for hydroxylation is 2. The van der Waals surface area contributed by atoms with Crippen LogP contribution in [0.2, 0.25) is 0 Å². The largest absolute Gasteiger partial charge is 0.309 e. The summed E-state index contributed by atoms with van der Waals surface area (Å²) in [6.45, 7) is 4.09. The van der Waals surface area contributed by atoms with Gasteiger partial charge in [0.2, 0.25) is 5.16 Å². The molecule has 0 saturated carbocycles. The van der Waals surface area contributed by atoms with Gasteiger partial charge >= 0.3 is 0 Å². The van der Waals surface area contributed by atoms with Crippen LogP contribution in [0.4, 0.5) is 0 Å². The van der Waals surface area contributed by atoms with E-state index in [0.29, 0.717) is 22.1 Å². The van der Waals surface area contributed by atoms with Gasteiger partial charge in [-0.3, -0.25) is 4.79 Å². The van der Waals surface area contributed by atoms with Crippen molar-refractivity contribution in [1.29, 1.82) is 0 Å². The van der Waals surface area contributed by atoms with Crippen molar-refractivity contribution in [2.24, 2.45) is 0 Å². The summed E-state index contributed by atoms with van der Waals surface area (Å²) in [6.07, 6.45) is 0.